The fraction of sp³-hybridized carbons (Fsp3) is 0.375. The Kier molecular flexibility index (Phi) is 6.95. The van der Waals surface area contributed by atoms with Crippen molar-refractivity contribution in [3.63, 3.8) is 0 Å². The minimum Gasteiger partial charge on any atom is -0.496 e. The second-order valence-electron chi connectivity index (χ2n) is 6.96. The third kappa shape index (κ3) is 4.13. The number of fused-ring (bicyclic) bond motifs is 1. The predicted molar refractivity (Wildman–Crippen MR) is 119 cm³/mol. The highest BCUT2D eigenvalue weighted by Crippen LogP contribution is 2.42. The molecule has 31 heavy (non-hydrogen) atoms. The van der Waals surface area contributed by atoms with Gasteiger partial charge in [0.2, 0.25) is 5.75 Å². The molecule has 0 aliphatic rings. The maximum Gasteiger partial charge on any atom is 0.203 e. The number of unbranched alkanes of at least 4 members (excludes halogenated alkanes) is 1. The van der Waals surface area contributed by atoms with Gasteiger partial charge in [-0.05, 0) is 25.0 Å². The van der Waals surface area contributed by atoms with Crippen molar-refractivity contribution in [2.45, 2.75) is 26.2 Å². The van der Waals surface area contributed by atoms with E-state index in [2.05, 4.69) is 6.92 Å². The number of rotatable bonds is 9. The summed E-state index contributed by atoms with van der Waals surface area (Å²) in [7, 11) is 7.73. The average molecular weight is 428 g/mol. The Morgan fingerprint density at radius 3 is 1.90 bits per heavy atom. The fourth-order valence-corrected chi connectivity index (χ4v) is 3.63. The zero-order valence-electron chi connectivity index (χ0n) is 18.8. The molecular formula is C24H28O7. The van der Waals surface area contributed by atoms with Gasteiger partial charge in [0.25, 0.3) is 0 Å². The van der Waals surface area contributed by atoms with E-state index < -0.39 is 0 Å². The quantitative estimate of drug-likeness (QED) is 0.482. The molecule has 3 rings (SSSR count). The van der Waals surface area contributed by atoms with Crippen molar-refractivity contribution in [1.82, 2.24) is 0 Å². The van der Waals surface area contributed by atoms with E-state index in [1.165, 1.54) is 34.5 Å². The van der Waals surface area contributed by atoms with E-state index in [0.29, 0.717) is 57.5 Å². The molecule has 0 unspecified atom stereocenters. The molecule has 166 valence electrons. The lowest BCUT2D eigenvalue weighted by molar-refractivity contribution is 0.324. The summed E-state index contributed by atoms with van der Waals surface area (Å²) in [5.74, 6) is 2.82. The van der Waals surface area contributed by atoms with Gasteiger partial charge in [0.1, 0.15) is 28.2 Å². The van der Waals surface area contributed by atoms with Crippen molar-refractivity contribution in [3.8, 4) is 40.1 Å². The first-order valence-corrected chi connectivity index (χ1v) is 10.0. The lowest BCUT2D eigenvalue weighted by Crippen LogP contribution is -2.06. The first-order valence-electron chi connectivity index (χ1n) is 10.0. The molecule has 1 heterocycles. The first kappa shape index (κ1) is 22.3. The minimum atomic E-state index is -0.206. The van der Waals surface area contributed by atoms with Crippen molar-refractivity contribution in [2.75, 3.05) is 35.5 Å². The van der Waals surface area contributed by atoms with Gasteiger partial charge >= 0.3 is 0 Å². The molecular weight excluding hydrogens is 400 g/mol. The number of hydrogen-bond donors (Lipinski definition) is 0. The Labute approximate surface area is 181 Å². The summed E-state index contributed by atoms with van der Waals surface area (Å²) >= 11 is 0. The van der Waals surface area contributed by atoms with Crippen LogP contribution in [0.15, 0.2) is 33.5 Å². The molecule has 0 amide bonds. The van der Waals surface area contributed by atoms with Crippen LogP contribution < -0.4 is 29.1 Å². The van der Waals surface area contributed by atoms with Gasteiger partial charge in [-0.15, -0.1) is 0 Å². The van der Waals surface area contributed by atoms with Gasteiger partial charge in [-0.3, -0.25) is 4.79 Å². The summed E-state index contributed by atoms with van der Waals surface area (Å²) in [5.41, 5.74) is 1.71. The molecule has 0 saturated carbocycles. The Bertz CT molecular complexity index is 1110. The maximum atomic E-state index is 13.1. The van der Waals surface area contributed by atoms with Crippen molar-refractivity contribution in [3.05, 3.63) is 40.1 Å². The maximum absolute atomic E-state index is 13.1. The Morgan fingerprint density at radius 2 is 1.39 bits per heavy atom. The second kappa shape index (κ2) is 9.64. The van der Waals surface area contributed by atoms with E-state index in [9.17, 15) is 4.79 Å². The number of ether oxygens (including phenoxy) is 5. The second-order valence-corrected chi connectivity index (χ2v) is 6.96. The summed E-state index contributed by atoms with van der Waals surface area (Å²) in [6.07, 6.45) is 2.63. The molecule has 0 N–H and O–H groups in total. The van der Waals surface area contributed by atoms with Crippen LogP contribution in [0.4, 0.5) is 0 Å². The molecule has 1 aromatic heterocycles. The van der Waals surface area contributed by atoms with E-state index in [0.717, 1.165) is 18.4 Å². The zero-order valence-corrected chi connectivity index (χ0v) is 18.8. The molecule has 0 aliphatic carbocycles. The Hall–Kier alpha value is -3.35. The van der Waals surface area contributed by atoms with Gasteiger partial charge in [0, 0.05) is 23.3 Å². The van der Waals surface area contributed by atoms with Crippen LogP contribution in [0.1, 0.15) is 25.3 Å². The predicted octanol–water partition coefficient (Wildman–Crippen LogP) is 4.85. The summed E-state index contributed by atoms with van der Waals surface area (Å²) < 4.78 is 33.6. The van der Waals surface area contributed by atoms with Gasteiger partial charge in [-0.1, -0.05) is 13.3 Å². The van der Waals surface area contributed by atoms with Gasteiger partial charge in [-0.25, -0.2) is 0 Å². The summed E-state index contributed by atoms with van der Waals surface area (Å²) in [5, 5.41) is 0.394. The highest BCUT2D eigenvalue weighted by molar-refractivity contribution is 5.89. The van der Waals surface area contributed by atoms with E-state index in [-0.39, 0.29) is 5.43 Å². The molecule has 0 saturated heterocycles. The van der Waals surface area contributed by atoms with Gasteiger partial charge in [-0.2, -0.15) is 0 Å². The number of hydrogen-bond acceptors (Lipinski definition) is 7. The molecule has 7 heteroatoms. The van der Waals surface area contributed by atoms with Crippen molar-refractivity contribution in [2.24, 2.45) is 0 Å². The number of benzene rings is 2. The van der Waals surface area contributed by atoms with Crippen LogP contribution in [-0.2, 0) is 6.42 Å². The first-order chi connectivity index (χ1) is 15.0. The third-order valence-corrected chi connectivity index (χ3v) is 5.20. The standard InChI is InChI=1S/C24H28O7/c1-7-8-9-15-18(26-2)13-19(27-3)22-16(25)12-17(31-23(15)22)14-10-20(28-4)24(30-6)21(11-14)29-5/h10-13H,7-9H2,1-6H3. The van der Waals surface area contributed by atoms with E-state index >= 15 is 0 Å². The van der Waals surface area contributed by atoms with Crippen LogP contribution in [0, 0.1) is 0 Å². The monoisotopic (exact) mass is 428 g/mol. The summed E-state index contributed by atoms with van der Waals surface area (Å²) in [4.78, 5) is 13.1. The topological polar surface area (TPSA) is 76.4 Å². The third-order valence-electron chi connectivity index (χ3n) is 5.20. The highest BCUT2D eigenvalue weighted by Gasteiger charge is 2.21. The van der Waals surface area contributed by atoms with Crippen LogP contribution in [0.2, 0.25) is 0 Å². The molecule has 0 aliphatic heterocycles. The number of aryl methyl sites for hydroxylation is 1. The lowest BCUT2D eigenvalue weighted by Gasteiger charge is -2.16. The van der Waals surface area contributed by atoms with E-state index in [1.807, 2.05) is 0 Å². The fourth-order valence-electron chi connectivity index (χ4n) is 3.63. The van der Waals surface area contributed by atoms with Crippen LogP contribution in [0.25, 0.3) is 22.3 Å². The Balaban J connectivity index is 2.34. The van der Waals surface area contributed by atoms with Gasteiger partial charge in [0.05, 0.1) is 35.5 Å². The van der Waals surface area contributed by atoms with Crippen LogP contribution in [0.5, 0.6) is 28.7 Å². The van der Waals surface area contributed by atoms with Gasteiger partial charge < -0.3 is 28.1 Å². The zero-order chi connectivity index (χ0) is 22.5. The summed E-state index contributed by atoms with van der Waals surface area (Å²) in [6.45, 7) is 2.11. The minimum absolute atomic E-state index is 0.206. The highest BCUT2D eigenvalue weighted by atomic mass is 16.5. The molecule has 2 aromatic carbocycles. The molecule has 0 spiro atoms. The normalized spacial score (nSPS) is 10.8. The molecule has 0 fully saturated rings. The Morgan fingerprint density at radius 1 is 0.774 bits per heavy atom. The summed E-state index contributed by atoms with van der Waals surface area (Å²) in [6, 6.07) is 6.67. The SMILES string of the molecule is CCCCc1c(OC)cc(OC)c2c(=O)cc(-c3cc(OC)c(OC)c(OC)c3)oc12. The van der Waals surface area contributed by atoms with Crippen molar-refractivity contribution >= 4 is 11.0 Å². The molecule has 0 bridgehead atoms. The van der Waals surface area contributed by atoms with Crippen molar-refractivity contribution in [1.29, 1.82) is 0 Å². The largest absolute Gasteiger partial charge is 0.496 e. The smallest absolute Gasteiger partial charge is 0.203 e. The molecule has 7 nitrogen and oxygen atoms in total. The van der Waals surface area contributed by atoms with E-state index in [4.69, 9.17) is 28.1 Å². The van der Waals surface area contributed by atoms with Crippen molar-refractivity contribution < 1.29 is 28.1 Å². The van der Waals surface area contributed by atoms with Crippen LogP contribution >= 0.6 is 0 Å². The van der Waals surface area contributed by atoms with Crippen LogP contribution in [-0.4, -0.2) is 35.5 Å². The van der Waals surface area contributed by atoms with E-state index in [1.54, 1.807) is 25.3 Å². The molecule has 0 radical (unpaired) electrons. The molecule has 0 atom stereocenters. The number of methoxy groups -OCH3 is 5. The van der Waals surface area contributed by atoms with Gasteiger partial charge in [0.15, 0.2) is 16.9 Å². The molecule has 3 aromatic rings. The lowest BCUT2D eigenvalue weighted by atomic mass is 10.0. The van der Waals surface area contributed by atoms with Crippen LogP contribution in [0.3, 0.4) is 0 Å². The average Bonchev–Trinajstić information content (AvgIpc) is 2.80.